The summed E-state index contributed by atoms with van der Waals surface area (Å²) in [7, 11) is 1.52. The van der Waals surface area contributed by atoms with Crippen LogP contribution in [-0.4, -0.2) is 39.6 Å². The van der Waals surface area contributed by atoms with Crippen LogP contribution in [0.1, 0.15) is 5.82 Å². The molecule has 1 heterocycles. The van der Waals surface area contributed by atoms with Gasteiger partial charge < -0.3 is 14.9 Å². The van der Waals surface area contributed by atoms with Crippen molar-refractivity contribution in [3.05, 3.63) is 34.4 Å². The van der Waals surface area contributed by atoms with Crippen LogP contribution in [0.2, 0.25) is 0 Å². The average Bonchev–Trinajstić information content (AvgIpc) is 2.42. The zero-order chi connectivity index (χ0) is 14.0. The predicted octanol–water partition coefficient (Wildman–Crippen LogP) is 0.0667. The molecule has 1 unspecified atom stereocenters. The summed E-state index contributed by atoms with van der Waals surface area (Å²) in [5.41, 5.74) is 0.246. The van der Waals surface area contributed by atoms with Crippen LogP contribution in [0.3, 0.4) is 0 Å². The third kappa shape index (κ3) is 2.45. The number of para-hydroxylation sites is 1. The number of aliphatic hydroxyl groups excluding tert-OH is 2. The molecule has 0 aliphatic heterocycles. The molecule has 0 bridgehead atoms. The Hall–Kier alpha value is -1.92. The zero-order valence-corrected chi connectivity index (χ0v) is 10.8. The van der Waals surface area contributed by atoms with E-state index in [4.69, 9.17) is 9.84 Å². The topological polar surface area (TPSA) is 84.6 Å². The molecular formula is C13H16N2O4. The minimum Gasteiger partial charge on any atom is -0.494 e. The fourth-order valence-corrected chi connectivity index (χ4v) is 1.97. The van der Waals surface area contributed by atoms with Crippen molar-refractivity contribution in [1.29, 1.82) is 0 Å². The second kappa shape index (κ2) is 5.38. The Bertz CT molecular complexity index is 651. The number of rotatable bonds is 4. The number of fused-ring (bicyclic) bond motifs is 1. The maximum atomic E-state index is 12.3. The van der Waals surface area contributed by atoms with Crippen molar-refractivity contribution in [3.63, 3.8) is 0 Å². The van der Waals surface area contributed by atoms with Crippen LogP contribution >= 0.6 is 0 Å². The van der Waals surface area contributed by atoms with Crippen molar-refractivity contribution in [2.24, 2.45) is 0 Å². The van der Waals surface area contributed by atoms with Gasteiger partial charge in [0.25, 0.3) is 5.56 Å². The fourth-order valence-electron chi connectivity index (χ4n) is 1.97. The van der Waals surface area contributed by atoms with E-state index in [9.17, 15) is 9.90 Å². The minimum atomic E-state index is -0.985. The van der Waals surface area contributed by atoms with Crippen molar-refractivity contribution >= 4 is 10.9 Å². The maximum Gasteiger partial charge on any atom is 0.261 e. The van der Waals surface area contributed by atoms with Gasteiger partial charge in [-0.15, -0.1) is 0 Å². The monoisotopic (exact) mass is 264 g/mol. The number of methoxy groups -OCH3 is 1. The van der Waals surface area contributed by atoms with Gasteiger partial charge in [0.1, 0.15) is 17.1 Å². The quantitative estimate of drug-likeness (QED) is 0.816. The summed E-state index contributed by atoms with van der Waals surface area (Å²) in [6.07, 6.45) is -0.985. The van der Waals surface area contributed by atoms with Gasteiger partial charge in [-0.3, -0.25) is 9.36 Å². The summed E-state index contributed by atoms with van der Waals surface area (Å²) in [5.74, 6) is 1.00. The highest BCUT2D eigenvalue weighted by Gasteiger charge is 2.13. The Morgan fingerprint density at radius 3 is 2.84 bits per heavy atom. The van der Waals surface area contributed by atoms with Crippen molar-refractivity contribution in [2.45, 2.75) is 19.6 Å². The van der Waals surface area contributed by atoms with Crippen LogP contribution in [0.15, 0.2) is 23.0 Å². The molecule has 0 aliphatic carbocycles. The molecule has 0 amide bonds. The van der Waals surface area contributed by atoms with E-state index in [1.807, 2.05) is 0 Å². The Morgan fingerprint density at radius 2 is 2.21 bits per heavy atom. The third-order valence-electron chi connectivity index (χ3n) is 2.96. The third-order valence-corrected chi connectivity index (χ3v) is 2.96. The van der Waals surface area contributed by atoms with Crippen LogP contribution in [0, 0.1) is 6.92 Å². The molecule has 0 spiro atoms. The van der Waals surface area contributed by atoms with Crippen LogP contribution in [0.4, 0.5) is 0 Å². The predicted molar refractivity (Wildman–Crippen MR) is 70.4 cm³/mol. The molecule has 2 N–H and O–H groups in total. The molecule has 0 saturated carbocycles. The summed E-state index contributed by atoms with van der Waals surface area (Å²) in [5, 5.41) is 18.8. The SMILES string of the molecule is COc1cccc2c(=O)n(CC(O)CO)c(C)nc12. The van der Waals surface area contributed by atoms with Gasteiger partial charge in [-0.25, -0.2) is 4.98 Å². The molecule has 1 aromatic heterocycles. The molecular weight excluding hydrogens is 248 g/mol. The van der Waals surface area contributed by atoms with E-state index in [0.29, 0.717) is 22.5 Å². The number of nitrogens with zero attached hydrogens (tertiary/aromatic N) is 2. The van der Waals surface area contributed by atoms with E-state index >= 15 is 0 Å². The lowest BCUT2D eigenvalue weighted by atomic mass is 10.2. The Balaban J connectivity index is 2.66. The standard InChI is InChI=1S/C13H16N2O4/c1-8-14-12-10(4-3-5-11(12)19-2)13(18)15(8)6-9(17)7-16/h3-5,9,16-17H,6-7H2,1-2H3. The minimum absolute atomic E-state index is 0.0152. The summed E-state index contributed by atoms with van der Waals surface area (Å²) >= 11 is 0. The first-order chi connectivity index (χ1) is 9.08. The van der Waals surface area contributed by atoms with E-state index in [1.165, 1.54) is 11.7 Å². The zero-order valence-electron chi connectivity index (χ0n) is 10.8. The molecule has 1 atom stereocenters. The molecule has 0 radical (unpaired) electrons. The number of aromatic nitrogens is 2. The molecule has 1 aromatic carbocycles. The van der Waals surface area contributed by atoms with Crippen LogP contribution in [0.5, 0.6) is 5.75 Å². The molecule has 6 heteroatoms. The highest BCUT2D eigenvalue weighted by atomic mass is 16.5. The van der Waals surface area contributed by atoms with Gasteiger partial charge in [-0.05, 0) is 19.1 Å². The first kappa shape index (κ1) is 13.5. The van der Waals surface area contributed by atoms with Gasteiger partial charge in [0.05, 0.1) is 31.8 Å². The van der Waals surface area contributed by atoms with Gasteiger partial charge in [-0.1, -0.05) is 6.07 Å². The molecule has 2 rings (SSSR count). The number of aliphatic hydroxyl groups is 2. The van der Waals surface area contributed by atoms with E-state index in [-0.39, 0.29) is 12.1 Å². The molecule has 6 nitrogen and oxygen atoms in total. The van der Waals surface area contributed by atoms with Gasteiger partial charge in [-0.2, -0.15) is 0 Å². The summed E-state index contributed by atoms with van der Waals surface area (Å²) in [4.78, 5) is 16.7. The highest BCUT2D eigenvalue weighted by Crippen LogP contribution is 2.21. The number of aryl methyl sites for hydroxylation is 1. The van der Waals surface area contributed by atoms with E-state index < -0.39 is 12.7 Å². The first-order valence-electron chi connectivity index (χ1n) is 5.91. The smallest absolute Gasteiger partial charge is 0.261 e. The summed E-state index contributed by atoms with van der Waals surface area (Å²) < 4.78 is 6.53. The second-order valence-electron chi connectivity index (χ2n) is 4.27. The second-order valence-corrected chi connectivity index (χ2v) is 4.27. The van der Waals surface area contributed by atoms with E-state index in [2.05, 4.69) is 4.98 Å². The van der Waals surface area contributed by atoms with Gasteiger partial charge in [0.15, 0.2) is 0 Å². The van der Waals surface area contributed by atoms with Gasteiger partial charge in [0.2, 0.25) is 0 Å². The fraction of sp³-hybridized carbons (Fsp3) is 0.385. The maximum absolute atomic E-state index is 12.3. The molecule has 2 aromatic rings. The lowest BCUT2D eigenvalue weighted by Gasteiger charge is -2.14. The van der Waals surface area contributed by atoms with Crippen molar-refractivity contribution in [2.75, 3.05) is 13.7 Å². The molecule has 0 aliphatic rings. The number of hydrogen-bond donors (Lipinski definition) is 2. The molecule has 0 saturated heterocycles. The number of hydrogen-bond acceptors (Lipinski definition) is 5. The summed E-state index contributed by atoms with van der Waals surface area (Å²) in [6.45, 7) is 1.29. The van der Waals surface area contributed by atoms with Crippen LogP contribution in [-0.2, 0) is 6.54 Å². The average molecular weight is 264 g/mol. The summed E-state index contributed by atoms with van der Waals surface area (Å²) in [6, 6.07) is 5.11. The largest absolute Gasteiger partial charge is 0.494 e. The molecule has 19 heavy (non-hydrogen) atoms. The van der Waals surface area contributed by atoms with Gasteiger partial charge in [0, 0.05) is 0 Å². The number of ether oxygens (including phenoxy) is 1. The number of benzene rings is 1. The van der Waals surface area contributed by atoms with E-state index in [0.717, 1.165) is 0 Å². The molecule has 102 valence electrons. The lowest BCUT2D eigenvalue weighted by molar-refractivity contribution is 0.0797. The van der Waals surface area contributed by atoms with Crippen LogP contribution < -0.4 is 10.3 Å². The lowest BCUT2D eigenvalue weighted by Crippen LogP contribution is -2.31. The highest BCUT2D eigenvalue weighted by molar-refractivity contribution is 5.83. The molecule has 0 fully saturated rings. The van der Waals surface area contributed by atoms with Crippen molar-refractivity contribution in [3.8, 4) is 5.75 Å². The Labute approximate surface area is 109 Å². The van der Waals surface area contributed by atoms with Gasteiger partial charge >= 0.3 is 0 Å². The first-order valence-corrected chi connectivity index (χ1v) is 5.91. The Kier molecular flexibility index (Phi) is 3.82. The van der Waals surface area contributed by atoms with Crippen LogP contribution in [0.25, 0.3) is 10.9 Å². The normalized spacial score (nSPS) is 12.6. The van der Waals surface area contributed by atoms with Crippen molar-refractivity contribution < 1.29 is 14.9 Å². The van der Waals surface area contributed by atoms with Crippen molar-refractivity contribution in [1.82, 2.24) is 9.55 Å². The van der Waals surface area contributed by atoms with E-state index in [1.54, 1.807) is 25.1 Å². The Morgan fingerprint density at radius 1 is 1.47 bits per heavy atom.